The molecule has 1 saturated heterocycles. The number of hydrogen-bond donors (Lipinski definition) is 1. The van der Waals surface area contributed by atoms with E-state index in [-0.39, 0.29) is 0 Å². The van der Waals surface area contributed by atoms with Crippen molar-refractivity contribution in [2.75, 3.05) is 6.61 Å². The molecule has 102 valence electrons. The lowest BCUT2D eigenvalue weighted by Crippen LogP contribution is -2.22. The van der Waals surface area contributed by atoms with Gasteiger partial charge in [-0.15, -0.1) is 0 Å². The Morgan fingerprint density at radius 3 is 2.83 bits per heavy atom. The molecule has 18 heavy (non-hydrogen) atoms. The topological polar surface area (TPSA) is 68.4 Å². The second-order valence-corrected chi connectivity index (χ2v) is 5.68. The lowest BCUT2D eigenvalue weighted by atomic mass is 10.0. The minimum absolute atomic E-state index is 0.412. The van der Waals surface area contributed by atoms with Gasteiger partial charge in [0.1, 0.15) is 5.60 Å². The van der Waals surface area contributed by atoms with Crippen molar-refractivity contribution in [3.63, 3.8) is 0 Å². The van der Waals surface area contributed by atoms with Crippen molar-refractivity contribution in [1.82, 2.24) is 10.1 Å². The number of rotatable bonds is 5. The van der Waals surface area contributed by atoms with Gasteiger partial charge in [-0.1, -0.05) is 19.0 Å². The summed E-state index contributed by atoms with van der Waals surface area (Å²) in [5, 5.41) is 13.8. The SMILES string of the molecule is CC(C)CC(O)Cc1nc(C2(C)CCCO2)no1. The largest absolute Gasteiger partial charge is 0.393 e. The summed E-state index contributed by atoms with van der Waals surface area (Å²) in [5.41, 5.74) is -0.412. The maximum atomic E-state index is 9.85. The summed E-state index contributed by atoms with van der Waals surface area (Å²) in [6.45, 7) is 6.89. The van der Waals surface area contributed by atoms with Gasteiger partial charge in [0.25, 0.3) is 0 Å². The van der Waals surface area contributed by atoms with E-state index in [0.29, 0.717) is 24.1 Å². The monoisotopic (exact) mass is 254 g/mol. The van der Waals surface area contributed by atoms with Gasteiger partial charge < -0.3 is 14.4 Å². The van der Waals surface area contributed by atoms with E-state index in [9.17, 15) is 5.11 Å². The molecular formula is C13H22N2O3. The van der Waals surface area contributed by atoms with E-state index < -0.39 is 11.7 Å². The molecule has 1 aliphatic heterocycles. The lowest BCUT2D eigenvalue weighted by Gasteiger charge is -2.17. The van der Waals surface area contributed by atoms with Crippen LogP contribution in [0.4, 0.5) is 0 Å². The van der Waals surface area contributed by atoms with Crippen LogP contribution in [0, 0.1) is 5.92 Å². The maximum Gasteiger partial charge on any atom is 0.229 e. The third-order valence-electron chi connectivity index (χ3n) is 3.31. The first-order valence-corrected chi connectivity index (χ1v) is 6.65. The molecule has 0 bridgehead atoms. The van der Waals surface area contributed by atoms with Crippen LogP contribution in [0.2, 0.25) is 0 Å². The summed E-state index contributed by atoms with van der Waals surface area (Å²) in [5.74, 6) is 1.56. The van der Waals surface area contributed by atoms with E-state index in [1.165, 1.54) is 0 Å². The number of hydrogen-bond acceptors (Lipinski definition) is 5. The number of aliphatic hydroxyl groups excluding tert-OH is 1. The average Bonchev–Trinajstić information content (AvgIpc) is 2.86. The van der Waals surface area contributed by atoms with Crippen molar-refractivity contribution in [2.45, 2.75) is 58.2 Å². The van der Waals surface area contributed by atoms with Gasteiger partial charge in [-0.3, -0.25) is 0 Å². The van der Waals surface area contributed by atoms with Crippen LogP contribution in [0.3, 0.4) is 0 Å². The van der Waals surface area contributed by atoms with Gasteiger partial charge in [0.15, 0.2) is 0 Å². The third kappa shape index (κ3) is 3.09. The molecule has 0 aromatic carbocycles. The predicted molar refractivity (Wildman–Crippen MR) is 66.0 cm³/mol. The van der Waals surface area contributed by atoms with Crippen molar-refractivity contribution in [1.29, 1.82) is 0 Å². The minimum atomic E-state index is -0.421. The highest BCUT2D eigenvalue weighted by Gasteiger charge is 2.36. The Balaban J connectivity index is 1.98. The highest BCUT2D eigenvalue weighted by atomic mass is 16.5. The van der Waals surface area contributed by atoms with E-state index in [0.717, 1.165) is 25.9 Å². The average molecular weight is 254 g/mol. The molecule has 0 aliphatic carbocycles. The molecule has 5 heteroatoms. The van der Waals surface area contributed by atoms with Crippen LogP contribution in [-0.4, -0.2) is 28.0 Å². The number of nitrogens with zero attached hydrogens (tertiary/aromatic N) is 2. The molecule has 2 heterocycles. The van der Waals surface area contributed by atoms with Gasteiger partial charge in [0.2, 0.25) is 11.7 Å². The Morgan fingerprint density at radius 2 is 2.22 bits per heavy atom. The normalized spacial score (nSPS) is 25.8. The van der Waals surface area contributed by atoms with Crippen molar-refractivity contribution in [2.24, 2.45) is 5.92 Å². The first kappa shape index (κ1) is 13.5. The lowest BCUT2D eigenvalue weighted by molar-refractivity contribution is 0.00768. The highest BCUT2D eigenvalue weighted by Crippen LogP contribution is 2.33. The Bertz CT molecular complexity index is 383. The van der Waals surface area contributed by atoms with E-state index in [1.807, 2.05) is 6.92 Å². The van der Waals surface area contributed by atoms with Crippen LogP contribution >= 0.6 is 0 Å². The molecule has 1 N–H and O–H groups in total. The maximum absolute atomic E-state index is 9.85. The molecule has 0 amide bonds. The smallest absolute Gasteiger partial charge is 0.229 e. The second kappa shape index (κ2) is 5.36. The fourth-order valence-electron chi connectivity index (χ4n) is 2.34. The van der Waals surface area contributed by atoms with Crippen molar-refractivity contribution < 1.29 is 14.4 Å². The molecule has 0 saturated carbocycles. The molecular weight excluding hydrogens is 232 g/mol. The summed E-state index contributed by atoms with van der Waals surface area (Å²) in [7, 11) is 0. The van der Waals surface area contributed by atoms with Gasteiger partial charge in [0.05, 0.1) is 12.5 Å². The van der Waals surface area contributed by atoms with Crippen LogP contribution in [0.5, 0.6) is 0 Å². The number of aromatic nitrogens is 2. The summed E-state index contributed by atoms with van der Waals surface area (Å²) in [4.78, 5) is 4.35. The van der Waals surface area contributed by atoms with Crippen molar-refractivity contribution in [3.8, 4) is 0 Å². The Morgan fingerprint density at radius 1 is 1.44 bits per heavy atom. The zero-order valence-corrected chi connectivity index (χ0v) is 11.3. The molecule has 1 fully saturated rings. The molecule has 1 aromatic rings. The molecule has 1 aromatic heterocycles. The van der Waals surface area contributed by atoms with Crippen LogP contribution in [0.25, 0.3) is 0 Å². The van der Waals surface area contributed by atoms with Gasteiger partial charge in [-0.25, -0.2) is 0 Å². The van der Waals surface area contributed by atoms with Crippen molar-refractivity contribution >= 4 is 0 Å². The highest BCUT2D eigenvalue weighted by molar-refractivity contribution is 5.01. The molecule has 0 spiro atoms. The summed E-state index contributed by atoms with van der Waals surface area (Å²) >= 11 is 0. The molecule has 2 unspecified atom stereocenters. The Labute approximate surface area is 108 Å². The van der Waals surface area contributed by atoms with Gasteiger partial charge >= 0.3 is 0 Å². The fourth-order valence-corrected chi connectivity index (χ4v) is 2.34. The molecule has 5 nitrogen and oxygen atoms in total. The predicted octanol–water partition coefficient (Wildman–Crippen LogP) is 2.04. The first-order valence-electron chi connectivity index (χ1n) is 6.65. The first-order chi connectivity index (χ1) is 8.49. The van der Waals surface area contributed by atoms with Crippen LogP contribution in [0.15, 0.2) is 4.52 Å². The van der Waals surface area contributed by atoms with Crippen LogP contribution in [-0.2, 0) is 16.8 Å². The van der Waals surface area contributed by atoms with E-state index >= 15 is 0 Å². The van der Waals surface area contributed by atoms with Crippen LogP contribution < -0.4 is 0 Å². The summed E-state index contributed by atoms with van der Waals surface area (Å²) in [6.07, 6.45) is 2.68. The molecule has 2 rings (SSSR count). The zero-order valence-electron chi connectivity index (χ0n) is 11.3. The Kier molecular flexibility index (Phi) is 4.02. The Hall–Kier alpha value is -0.940. The van der Waals surface area contributed by atoms with E-state index in [2.05, 4.69) is 24.0 Å². The molecule has 1 aliphatic rings. The number of aliphatic hydroxyl groups is 1. The quantitative estimate of drug-likeness (QED) is 0.871. The van der Waals surface area contributed by atoms with Crippen LogP contribution in [0.1, 0.15) is 51.7 Å². The fraction of sp³-hybridized carbons (Fsp3) is 0.846. The van der Waals surface area contributed by atoms with E-state index in [4.69, 9.17) is 9.26 Å². The third-order valence-corrected chi connectivity index (χ3v) is 3.31. The second-order valence-electron chi connectivity index (χ2n) is 5.68. The van der Waals surface area contributed by atoms with Gasteiger partial charge in [-0.05, 0) is 32.1 Å². The minimum Gasteiger partial charge on any atom is -0.393 e. The van der Waals surface area contributed by atoms with Crippen molar-refractivity contribution in [3.05, 3.63) is 11.7 Å². The number of ether oxygens (including phenoxy) is 1. The molecule has 2 atom stereocenters. The standard InChI is InChI=1S/C13H22N2O3/c1-9(2)7-10(16)8-11-14-12(15-18-11)13(3)5-4-6-17-13/h9-10,16H,4-8H2,1-3H3. The summed E-state index contributed by atoms with van der Waals surface area (Å²) in [6, 6.07) is 0. The summed E-state index contributed by atoms with van der Waals surface area (Å²) < 4.78 is 10.9. The zero-order chi connectivity index (χ0) is 13.2. The van der Waals surface area contributed by atoms with E-state index in [1.54, 1.807) is 0 Å². The van der Waals surface area contributed by atoms with Gasteiger partial charge in [0, 0.05) is 6.61 Å². The van der Waals surface area contributed by atoms with Gasteiger partial charge in [-0.2, -0.15) is 4.98 Å². The molecule has 0 radical (unpaired) electrons.